The third-order valence-corrected chi connectivity index (χ3v) is 6.74. The molecular weight excluding hydrogens is 456 g/mol. The molecule has 2 aromatic rings. The molecule has 9 heteroatoms. The Kier molecular flexibility index (Phi) is 8.24. The van der Waals surface area contributed by atoms with E-state index in [9.17, 15) is 9.59 Å². The zero-order valence-corrected chi connectivity index (χ0v) is 20.1. The fourth-order valence-corrected chi connectivity index (χ4v) is 4.66. The van der Waals surface area contributed by atoms with Gasteiger partial charge in [-0.2, -0.15) is 0 Å². The van der Waals surface area contributed by atoms with Crippen molar-refractivity contribution in [3.63, 3.8) is 0 Å². The van der Waals surface area contributed by atoms with Gasteiger partial charge in [-0.25, -0.2) is 9.78 Å². The number of halogens is 1. The Morgan fingerprint density at radius 3 is 2.85 bits per heavy atom. The first-order valence-corrected chi connectivity index (χ1v) is 12.1. The SMILES string of the molecule is COC(=O)N1CCC[C@H](C(=O)Nc2cc(-c3cccc(NCC4CCOCC4)c3)c(Cl)cn2)C1. The summed E-state index contributed by atoms with van der Waals surface area (Å²) < 4.78 is 10.2. The van der Waals surface area contributed by atoms with Gasteiger partial charge in [0.2, 0.25) is 5.91 Å². The lowest BCUT2D eigenvalue weighted by atomic mass is 9.97. The number of carbonyl (C=O) groups excluding carboxylic acids is 2. The maximum absolute atomic E-state index is 12.9. The van der Waals surface area contributed by atoms with E-state index < -0.39 is 6.09 Å². The van der Waals surface area contributed by atoms with Crippen LogP contribution in [0.15, 0.2) is 36.5 Å². The fraction of sp³-hybridized carbons (Fsp3) is 0.480. The maximum atomic E-state index is 12.9. The average molecular weight is 487 g/mol. The van der Waals surface area contributed by atoms with Crippen LogP contribution in [0.1, 0.15) is 25.7 Å². The number of likely N-dealkylation sites (tertiary alicyclic amines) is 1. The van der Waals surface area contributed by atoms with Crippen molar-refractivity contribution in [2.45, 2.75) is 25.7 Å². The summed E-state index contributed by atoms with van der Waals surface area (Å²) >= 11 is 6.47. The van der Waals surface area contributed by atoms with Crippen molar-refractivity contribution in [1.82, 2.24) is 9.88 Å². The second-order valence-corrected chi connectivity index (χ2v) is 9.22. The Labute approximate surface area is 205 Å². The number of carbonyl (C=O) groups is 2. The summed E-state index contributed by atoms with van der Waals surface area (Å²) in [5.74, 6) is 0.562. The summed E-state index contributed by atoms with van der Waals surface area (Å²) in [6.45, 7) is 3.49. The first kappa shape index (κ1) is 24.3. The molecule has 2 amide bonds. The molecule has 1 atom stereocenters. The molecule has 2 N–H and O–H groups in total. The first-order chi connectivity index (χ1) is 16.5. The highest BCUT2D eigenvalue weighted by Gasteiger charge is 2.29. The summed E-state index contributed by atoms with van der Waals surface area (Å²) in [7, 11) is 1.35. The van der Waals surface area contributed by atoms with Crippen LogP contribution in [0.3, 0.4) is 0 Å². The minimum Gasteiger partial charge on any atom is -0.453 e. The predicted molar refractivity (Wildman–Crippen MR) is 132 cm³/mol. The molecule has 2 fully saturated rings. The van der Waals surface area contributed by atoms with E-state index in [1.807, 2.05) is 18.2 Å². The Balaban J connectivity index is 1.42. The van der Waals surface area contributed by atoms with Crippen molar-refractivity contribution in [1.29, 1.82) is 0 Å². The van der Waals surface area contributed by atoms with E-state index in [1.54, 1.807) is 17.2 Å². The molecule has 0 spiro atoms. The van der Waals surface area contributed by atoms with E-state index in [2.05, 4.69) is 21.7 Å². The molecule has 2 saturated heterocycles. The van der Waals surface area contributed by atoms with Crippen LogP contribution in [-0.4, -0.2) is 61.8 Å². The molecule has 1 aromatic carbocycles. The Hall–Kier alpha value is -2.84. The lowest BCUT2D eigenvalue weighted by Gasteiger charge is -2.30. The minimum absolute atomic E-state index is 0.166. The van der Waals surface area contributed by atoms with E-state index in [4.69, 9.17) is 21.1 Å². The Morgan fingerprint density at radius 2 is 2.06 bits per heavy atom. The number of nitrogens with zero attached hydrogens (tertiary/aromatic N) is 2. The van der Waals surface area contributed by atoms with Gasteiger partial charge >= 0.3 is 6.09 Å². The van der Waals surface area contributed by atoms with Crippen LogP contribution in [-0.2, 0) is 14.3 Å². The third kappa shape index (κ3) is 6.18. The van der Waals surface area contributed by atoms with Crippen molar-refractivity contribution in [2.75, 3.05) is 50.6 Å². The highest BCUT2D eigenvalue weighted by Crippen LogP contribution is 2.31. The lowest BCUT2D eigenvalue weighted by molar-refractivity contribution is -0.121. The number of methoxy groups -OCH3 is 1. The van der Waals surface area contributed by atoms with Crippen molar-refractivity contribution >= 4 is 35.1 Å². The average Bonchev–Trinajstić information content (AvgIpc) is 2.89. The number of aromatic nitrogens is 1. The summed E-state index contributed by atoms with van der Waals surface area (Å²) in [6, 6.07) is 9.86. The number of ether oxygens (including phenoxy) is 2. The van der Waals surface area contributed by atoms with Crippen LogP contribution in [0.2, 0.25) is 5.02 Å². The van der Waals surface area contributed by atoms with Gasteiger partial charge in [0.1, 0.15) is 5.82 Å². The smallest absolute Gasteiger partial charge is 0.409 e. The lowest BCUT2D eigenvalue weighted by Crippen LogP contribution is -2.43. The summed E-state index contributed by atoms with van der Waals surface area (Å²) in [5.41, 5.74) is 2.75. The van der Waals surface area contributed by atoms with Gasteiger partial charge in [-0.05, 0) is 55.4 Å². The third-order valence-electron chi connectivity index (χ3n) is 6.44. The number of hydrogen-bond donors (Lipinski definition) is 2. The molecule has 2 aliphatic rings. The largest absolute Gasteiger partial charge is 0.453 e. The number of pyridine rings is 1. The second kappa shape index (κ2) is 11.5. The molecule has 1 aromatic heterocycles. The number of hydrogen-bond acceptors (Lipinski definition) is 6. The molecule has 0 radical (unpaired) electrons. The number of piperidine rings is 1. The number of nitrogens with one attached hydrogen (secondary N) is 2. The van der Waals surface area contributed by atoms with Crippen LogP contribution >= 0.6 is 11.6 Å². The first-order valence-electron chi connectivity index (χ1n) is 11.7. The van der Waals surface area contributed by atoms with Crippen LogP contribution < -0.4 is 10.6 Å². The molecule has 182 valence electrons. The van der Waals surface area contributed by atoms with Gasteiger partial charge in [-0.15, -0.1) is 0 Å². The second-order valence-electron chi connectivity index (χ2n) is 8.81. The van der Waals surface area contributed by atoms with Gasteiger partial charge < -0.3 is 25.0 Å². The molecule has 0 unspecified atom stereocenters. The van der Waals surface area contributed by atoms with Gasteiger partial charge in [-0.3, -0.25) is 4.79 Å². The summed E-state index contributed by atoms with van der Waals surface area (Å²) in [4.78, 5) is 30.6. The van der Waals surface area contributed by atoms with E-state index in [0.717, 1.165) is 55.8 Å². The molecule has 0 aliphatic carbocycles. The van der Waals surface area contributed by atoms with Crippen molar-refractivity contribution in [3.05, 3.63) is 41.6 Å². The number of benzene rings is 1. The fourth-order valence-electron chi connectivity index (χ4n) is 4.45. The Morgan fingerprint density at radius 1 is 1.24 bits per heavy atom. The topological polar surface area (TPSA) is 92.8 Å². The molecule has 8 nitrogen and oxygen atoms in total. The van der Waals surface area contributed by atoms with E-state index in [1.165, 1.54) is 7.11 Å². The minimum atomic E-state index is -0.408. The van der Waals surface area contributed by atoms with Gasteiger partial charge in [-0.1, -0.05) is 23.7 Å². The number of amides is 2. The molecule has 34 heavy (non-hydrogen) atoms. The number of rotatable bonds is 6. The standard InChI is InChI=1S/C25H31ClN4O4/c1-33-25(32)30-9-3-5-19(16-30)24(31)29-23-13-21(22(26)15-28-23)18-4-2-6-20(12-18)27-14-17-7-10-34-11-8-17/h2,4,6,12-13,15,17,19,27H,3,5,7-11,14,16H2,1H3,(H,28,29,31)/t19-/m0/s1. The molecule has 3 heterocycles. The molecule has 0 bridgehead atoms. The normalized spacial score (nSPS) is 18.9. The van der Waals surface area contributed by atoms with Crippen LogP contribution in [0.25, 0.3) is 11.1 Å². The van der Waals surface area contributed by atoms with E-state index >= 15 is 0 Å². The molecule has 4 rings (SSSR count). The van der Waals surface area contributed by atoms with Crippen molar-refractivity contribution in [2.24, 2.45) is 11.8 Å². The zero-order valence-electron chi connectivity index (χ0n) is 19.4. The van der Waals surface area contributed by atoms with Crippen LogP contribution in [0, 0.1) is 11.8 Å². The van der Waals surface area contributed by atoms with E-state index in [0.29, 0.717) is 36.3 Å². The van der Waals surface area contributed by atoms with Gasteiger partial charge in [0, 0.05) is 50.3 Å². The van der Waals surface area contributed by atoms with E-state index in [-0.39, 0.29) is 11.8 Å². The summed E-state index contributed by atoms with van der Waals surface area (Å²) in [6.07, 6.45) is 4.75. The highest BCUT2D eigenvalue weighted by molar-refractivity contribution is 6.33. The quantitative estimate of drug-likeness (QED) is 0.617. The van der Waals surface area contributed by atoms with Gasteiger partial charge in [0.15, 0.2) is 0 Å². The maximum Gasteiger partial charge on any atom is 0.409 e. The van der Waals surface area contributed by atoms with Gasteiger partial charge in [0.05, 0.1) is 18.1 Å². The molecule has 0 saturated carbocycles. The number of anilines is 2. The monoisotopic (exact) mass is 486 g/mol. The predicted octanol–water partition coefficient (Wildman–Crippen LogP) is 4.66. The summed E-state index contributed by atoms with van der Waals surface area (Å²) in [5, 5.41) is 6.93. The van der Waals surface area contributed by atoms with Crippen molar-refractivity contribution in [3.8, 4) is 11.1 Å². The van der Waals surface area contributed by atoms with Crippen molar-refractivity contribution < 1.29 is 19.1 Å². The highest BCUT2D eigenvalue weighted by atomic mass is 35.5. The van der Waals surface area contributed by atoms with Gasteiger partial charge in [0.25, 0.3) is 0 Å². The zero-order chi connectivity index (χ0) is 23.9. The molecular formula is C25H31ClN4O4. The molecule has 2 aliphatic heterocycles. The van der Waals surface area contributed by atoms with Crippen LogP contribution in [0.5, 0.6) is 0 Å². The van der Waals surface area contributed by atoms with Crippen LogP contribution in [0.4, 0.5) is 16.3 Å². The Bertz CT molecular complexity index is 1010.